The first-order valence-electron chi connectivity index (χ1n) is 11.4. The van der Waals surface area contributed by atoms with Crippen molar-refractivity contribution < 1.29 is 19.2 Å². The Morgan fingerprint density at radius 1 is 1.11 bits per heavy atom. The molecule has 1 aromatic heterocycles. The van der Waals surface area contributed by atoms with Crippen molar-refractivity contribution in [3.8, 4) is 0 Å². The molecule has 0 fully saturated rings. The van der Waals surface area contributed by atoms with Gasteiger partial charge in [0.1, 0.15) is 18.4 Å². The van der Waals surface area contributed by atoms with Gasteiger partial charge in [-0.05, 0) is 46.8 Å². The van der Waals surface area contributed by atoms with E-state index in [0.29, 0.717) is 24.8 Å². The SMILES string of the molecule is NC(=O)NC1(C=O)Cc2ccc(NC(=O)CN3C(=O)CC(c4cccs4)Sc4ccccc43)cc2C1. The second kappa shape index (κ2) is 9.79. The fourth-order valence-corrected chi connectivity index (χ4v) is 6.96. The third kappa shape index (κ3) is 4.87. The van der Waals surface area contributed by atoms with Crippen molar-refractivity contribution in [1.82, 2.24) is 5.32 Å². The molecule has 8 nitrogen and oxygen atoms in total. The Balaban J connectivity index is 1.32. The Morgan fingerprint density at radius 3 is 2.67 bits per heavy atom. The van der Waals surface area contributed by atoms with Gasteiger partial charge in [0, 0.05) is 34.7 Å². The Labute approximate surface area is 216 Å². The second-order valence-corrected chi connectivity index (χ2v) is 11.1. The number of fused-ring (bicyclic) bond motifs is 2. The summed E-state index contributed by atoms with van der Waals surface area (Å²) in [5.41, 5.74) is 7.21. The number of thiophene rings is 1. The third-order valence-corrected chi connectivity index (χ3v) is 8.79. The molecule has 1 aliphatic carbocycles. The first-order valence-corrected chi connectivity index (χ1v) is 13.2. The first-order chi connectivity index (χ1) is 17.4. The zero-order chi connectivity index (χ0) is 25.3. The van der Waals surface area contributed by atoms with Gasteiger partial charge in [0.25, 0.3) is 0 Å². The van der Waals surface area contributed by atoms with Crippen LogP contribution in [0.2, 0.25) is 0 Å². The Hall–Kier alpha value is -3.63. The summed E-state index contributed by atoms with van der Waals surface area (Å²) in [5, 5.41) is 7.41. The fraction of sp³-hybridized carbons (Fsp3) is 0.231. The zero-order valence-electron chi connectivity index (χ0n) is 19.2. The van der Waals surface area contributed by atoms with Crippen LogP contribution in [0.5, 0.6) is 0 Å². The molecular weight excluding hydrogens is 496 g/mol. The van der Waals surface area contributed by atoms with Crippen LogP contribution in [0.15, 0.2) is 64.9 Å². The molecule has 184 valence electrons. The van der Waals surface area contributed by atoms with Crippen molar-refractivity contribution >= 4 is 58.6 Å². The number of thioether (sulfide) groups is 1. The van der Waals surface area contributed by atoms with Gasteiger partial charge in [-0.25, -0.2) is 4.79 Å². The van der Waals surface area contributed by atoms with E-state index in [-0.39, 0.29) is 30.0 Å². The van der Waals surface area contributed by atoms with Crippen LogP contribution in [0, 0.1) is 0 Å². The highest BCUT2D eigenvalue weighted by Gasteiger charge is 2.38. The summed E-state index contributed by atoms with van der Waals surface area (Å²) in [6.45, 7) is -0.119. The quantitative estimate of drug-likeness (QED) is 0.428. The van der Waals surface area contributed by atoms with Crippen LogP contribution in [-0.4, -0.2) is 36.2 Å². The number of aldehydes is 1. The highest BCUT2D eigenvalue weighted by atomic mass is 32.2. The number of nitrogens with two attached hydrogens (primary N) is 1. The molecule has 2 unspecified atom stereocenters. The van der Waals surface area contributed by atoms with Crippen LogP contribution >= 0.6 is 23.1 Å². The summed E-state index contributed by atoms with van der Waals surface area (Å²) in [4.78, 5) is 53.0. The maximum atomic E-state index is 13.3. The molecule has 36 heavy (non-hydrogen) atoms. The van der Waals surface area contributed by atoms with Gasteiger partial charge in [-0.3, -0.25) is 9.59 Å². The molecule has 4 amide bonds. The van der Waals surface area contributed by atoms with E-state index in [2.05, 4.69) is 10.6 Å². The van der Waals surface area contributed by atoms with Crippen LogP contribution in [0.1, 0.15) is 27.7 Å². The number of primary amides is 1. The fourth-order valence-electron chi connectivity index (χ4n) is 4.76. The summed E-state index contributed by atoms with van der Waals surface area (Å²) < 4.78 is 0. The molecule has 1 aliphatic heterocycles. The van der Waals surface area contributed by atoms with Gasteiger partial charge in [0.05, 0.1) is 10.9 Å². The molecule has 10 heteroatoms. The minimum absolute atomic E-state index is 0.00415. The Morgan fingerprint density at radius 2 is 1.92 bits per heavy atom. The number of rotatable bonds is 6. The zero-order valence-corrected chi connectivity index (χ0v) is 20.9. The molecular formula is C26H24N4O4S2. The van der Waals surface area contributed by atoms with Gasteiger partial charge in [-0.2, -0.15) is 0 Å². The molecule has 2 aliphatic rings. The number of nitrogens with one attached hydrogen (secondary N) is 2. The molecule has 5 rings (SSSR count). The number of benzene rings is 2. The van der Waals surface area contributed by atoms with E-state index < -0.39 is 11.6 Å². The van der Waals surface area contributed by atoms with E-state index in [9.17, 15) is 19.2 Å². The number of carbonyl (C=O) groups excluding carboxylic acids is 4. The van der Waals surface area contributed by atoms with Gasteiger partial charge in [-0.1, -0.05) is 24.3 Å². The van der Waals surface area contributed by atoms with Crippen LogP contribution in [0.4, 0.5) is 16.2 Å². The number of hydrogen-bond acceptors (Lipinski definition) is 6. The number of amides is 4. The Bertz CT molecular complexity index is 1340. The van der Waals surface area contributed by atoms with Crippen molar-refractivity contribution in [3.05, 3.63) is 76.0 Å². The topological polar surface area (TPSA) is 122 Å². The minimum Gasteiger partial charge on any atom is -0.352 e. The molecule has 3 aromatic rings. The van der Waals surface area contributed by atoms with E-state index in [4.69, 9.17) is 5.73 Å². The van der Waals surface area contributed by atoms with Crippen LogP contribution < -0.4 is 21.3 Å². The average molecular weight is 521 g/mol. The highest BCUT2D eigenvalue weighted by molar-refractivity contribution is 7.99. The largest absolute Gasteiger partial charge is 0.352 e. The van der Waals surface area contributed by atoms with Crippen LogP contribution in [-0.2, 0) is 27.2 Å². The molecule has 2 heterocycles. The summed E-state index contributed by atoms with van der Waals surface area (Å²) >= 11 is 3.27. The summed E-state index contributed by atoms with van der Waals surface area (Å²) in [6, 6.07) is 16.3. The van der Waals surface area contributed by atoms with Crippen molar-refractivity contribution in [1.29, 1.82) is 0 Å². The number of anilines is 2. The molecule has 0 spiro atoms. The maximum absolute atomic E-state index is 13.3. The van der Waals surface area contributed by atoms with Gasteiger partial charge < -0.3 is 26.1 Å². The minimum atomic E-state index is -1.07. The summed E-state index contributed by atoms with van der Waals surface area (Å²) in [5.74, 6) is -0.434. The summed E-state index contributed by atoms with van der Waals surface area (Å²) in [6.07, 6.45) is 1.63. The molecule has 0 radical (unpaired) electrons. The van der Waals surface area contributed by atoms with Crippen molar-refractivity contribution in [3.63, 3.8) is 0 Å². The van der Waals surface area contributed by atoms with Gasteiger partial charge >= 0.3 is 6.03 Å². The predicted molar refractivity (Wildman–Crippen MR) is 140 cm³/mol. The lowest BCUT2D eigenvalue weighted by molar-refractivity contribution is -0.121. The first kappa shape index (κ1) is 24.1. The van der Waals surface area contributed by atoms with Gasteiger partial charge in [-0.15, -0.1) is 23.1 Å². The van der Waals surface area contributed by atoms with E-state index >= 15 is 0 Å². The molecule has 4 N–H and O–H groups in total. The van der Waals surface area contributed by atoms with Gasteiger partial charge in [0.2, 0.25) is 11.8 Å². The lowest BCUT2D eigenvalue weighted by atomic mass is 9.98. The van der Waals surface area contributed by atoms with Crippen LogP contribution in [0.25, 0.3) is 0 Å². The summed E-state index contributed by atoms with van der Waals surface area (Å²) in [7, 11) is 0. The van der Waals surface area contributed by atoms with Crippen molar-refractivity contribution in [2.24, 2.45) is 5.73 Å². The smallest absolute Gasteiger partial charge is 0.312 e. The lowest BCUT2D eigenvalue weighted by Gasteiger charge is -2.22. The van der Waals surface area contributed by atoms with E-state index in [1.54, 1.807) is 40.1 Å². The molecule has 2 atom stereocenters. The van der Waals surface area contributed by atoms with Crippen molar-refractivity contribution in [2.75, 3.05) is 16.8 Å². The highest BCUT2D eigenvalue weighted by Crippen LogP contribution is 2.46. The van der Waals surface area contributed by atoms with E-state index in [1.165, 1.54) is 0 Å². The number of nitrogens with zero attached hydrogens (tertiary/aromatic N) is 1. The van der Waals surface area contributed by atoms with Crippen molar-refractivity contribution in [2.45, 2.75) is 34.9 Å². The second-order valence-electron chi connectivity index (χ2n) is 8.92. The van der Waals surface area contributed by atoms with E-state index in [1.807, 2.05) is 47.8 Å². The van der Waals surface area contributed by atoms with E-state index in [0.717, 1.165) is 26.6 Å². The number of para-hydroxylation sites is 1. The molecule has 0 bridgehead atoms. The maximum Gasteiger partial charge on any atom is 0.312 e. The lowest BCUT2D eigenvalue weighted by Crippen LogP contribution is -2.52. The standard InChI is InChI=1S/C26H24N4O4S2/c27-25(34)29-26(15-31)12-16-7-8-18(10-17(16)13-26)28-23(32)14-30-19-4-1-2-5-20(19)36-22(11-24(30)33)21-6-3-9-35-21/h1-10,15,22H,11-14H2,(H,28,32)(H3,27,29,34). The molecule has 0 saturated heterocycles. The number of hydrogen-bond donors (Lipinski definition) is 3. The normalized spacial score (nSPS) is 20.7. The Kier molecular flexibility index (Phi) is 6.55. The number of carbonyl (C=O) groups is 4. The van der Waals surface area contributed by atoms with Gasteiger partial charge in [0.15, 0.2) is 0 Å². The predicted octanol–water partition coefficient (Wildman–Crippen LogP) is 3.66. The molecule has 0 saturated carbocycles. The number of urea groups is 1. The monoisotopic (exact) mass is 520 g/mol. The molecule has 2 aromatic carbocycles. The van der Waals surface area contributed by atoms with Crippen LogP contribution in [0.3, 0.4) is 0 Å². The average Bonchev–Trinajstić information content (AvgIpc) is 3.47. The third-order valence-electron chi connectivity index (χ3n) is 6.35.